The highest BCUT2D eigenvalue weighted by Crippen LogP contribution is 2.36. The van der Waals surface area contributed by atoms with E-state index < -0.39 is 20.5 Å². The molecule has 1 aliphatic carbocycles. The molecule has 0 saturated carbocycles. The summed E-state index contributed by atoms with van der Waals surface area (Å²) in [6.45, 7) is 4.86. The second-order valence-electron chi connectivity index (χ2n) is 8.70. The number of hydrogen-bond donors (Lipinski definition) is 2. The van der Waals surface area contributed by atoms with E-state index in [0.29, 0.717) is 17.3 Å². The number of nitrogens with zero attached hydrogens (tertiary/aromatic N) is 3. The molecular weight excluding hydrogens is 442 g/mol. The Kier molecular flexibility index (Phi) is 7.06. The number of methoxy groups -OCH3 is 1. The van der Waals surface area contributed by atoms with Crippen molar-refractivity contribution < 1.29 is 17.9 Å². The zero-order valence-electron chi connectivity index (χ0n) is 19.7. The number of carbonyl (C=O) groups is 1. The van der Waals surface area contributed by atoms with Crippen LogP contribution < -0.4 is 15.8 Å². The number of amidine groups is 1. The van der Waals surface area contributed by atoms with Crippen LogP contribution in [0.25, 0.3) is 0 Å². The van der Waals surface area contributed by atoms with Crippen LogP contribution in [0.4, 0.5) is 5.69 Å². The Labute approximate surface area is 194 Å². The van der Waals surface area contributed by atoms with E-state index in [1.54, 1.807) is 20.8 Å². The molecule has 33 heavy (non-hydrogen) atoms. The summed E-state index contributed by atoms with van der Waals surface area (Å²) in [7, 11) is -0.602. The summed E-state index contributed by atoms with van der Waals surface area (Å²) in [5.74, 6) is -0.198. The molecule has 3 rings (SSSR count). The van der Waals surface area contributed by atoms with Crippen LogP contribution in [-0.2, 0) is 16.3 Å². The molecular formula is C23H31N5O4S. The molecule has 0 bridgehead atoms. The van der Waals surface area contributed by atoms with Gasteiger partial charge in [0.15, 0.2) is 9.84 Å². The smallest absolute Gasteiger partial charge is 0.276 e. The van der Waals surface area contributed by atoms with Gasteiger partial charge in [0, 0.05) is 12.7 Å². The molecule has 0 spiro atoms. The Bertz CT molecular complexity index is 1190. The topological polar surface area (TPSA) is 137 Å². The van der Waals surface area contributed by atoms with Gasteiger partial charge < -0.3 is 15.8 Å². The highest BCUT2D eigenvalue weighted by atomic mass is 32.2. The number of hydrogen-bond acceptors (Lipinski definition) is 7. The average Bonchev–Trinajstić information content (AvgIpc) is 2.78. The van der Waals surface area contributed by atoms with Gasteiger partial charge in [-0.3, -0.25) is 9.79 Å². The fourth-order valence-electron chi connectivity index (χ4n) is 4.02. The normalized spacial score (nSPS) is 16.8. The van der Waals surface area contributed by atoms with Gasteiger partial charge in [0.05, 0.1) is 24.8 Å². The lowest BCUT2D eigenvalue weighted by Gasteiger charge is -2.30. The lowest BCUT2D eigenvalue weighted by Crippen LogP contribution is -2.47. The minimum atomic E-state index is -3.58. The quantitative estimate of drug-likeness (QED) is 0.466. The number of sulfone groups is 1. The van der Waals surface area contributed by atoms with E-state index in [0.717, 1.165) is 30.4 Å². The molecule has 1 amide bonds. The molecule has 1 aromatic carbocycles. The summed E-state index contributed by atoms with van der Waals surface area (Å²) in [5.41, 5.74) is 9.16. The predicted molar refractivity (Wildman–Crippen MR) is 129 cm³/mol. The molecule has 1 aromatic heterocycles. The van der Waals surface area contributed by atoms with E-state index in [2.05, 4.69) is 20.3 Å². The first-order chi connectivity index (χ1) is 15.5. The van der Waals surface area contributed by atoms with Crippen molar-refractivity contribution in [2.24, 2.45) is 10.7 Å². The lowest BCUT2D eigenvalue weighted by atomic mass is 9.83. The summed E-state index contributed by atoms with van der Waals surface area (Å²) in [6.07, 6.45) is 3.90. The second kappa shape index (κ2) is 9.46. The molecule has 9 nitrogen and oxygen atoms in total. The van der Waals surface area contributed by atoms with Crippen LogP contribution in [0.5, 0.6) is 5.88 Å². The van der Waals surface area contributed by atoms with Crippen LogP contribution in [0.2, 0.25) is 0 Å². The molecule has 0 radical (unpaired) electrons. The van der Waals surface area contributed by atoms with Crippen LogP contribution in [0.15, 0.2) is 29.4 Å². The van der Waals surface area contributed by atoms with Gasteiger partial charge in [0.1, 0.15) is 16.3 Å². The minimum Gasteiger partial charge on any atom is -0.480 e. The van der Waals surface area contributed by atoms with Gasteiger partial charge in [-0.05, 0) is 69.2 Å². The fraction of sp³-hybridized carbons (Fsp3) is 0.478. The molecule has 2 aromatic rings. The standard InChI is InChI=1S/C23H31N5O4S/c1-14-20(26-12-19(27-14)32-5)21(29)28-17-10-9-15-7-6-8-16(18(15)11-17)13-33(30,31)23(2,3)22(24)25-4/h9-12,16H,6-8,13H2,1-5H3,(H2,24,25)(H,28,29). The summed E-state index contributed by atoms with van der Waals surface area (Å²) >= 11 is 0. The fourth-order valence-corrected chi connectivity index (χ4v) is 5.72. The third kappa shape index (κ3) is 5.00. The molecule has 1 aliphatic rings. The number of amides is 1. The van der Waals surface area contributed by atoms with Gasteiger partial charge in [0.2, 0.25) is 5.88 Å². The van der Waals surface area contributed by atoms with Crippen LogP contribution in [0.3, 0.4) is 0 Å². The van der Waals surface area contributed by atoms with E-state index >= 15 is 0 Å². The number of nitrogens with two attached hydrogens (primary N) is 1. The number of anilines is 1. The number of ether oxygens (including phenoxy) is 1. The lowest BCUT2D eigenvalue weighted by molar-refractivity contribution is 0.102. The van der Waals surface area contributed by atoms with E-state index in [1.165, 1.54) is 20.4 Å². The summed E-state index contributed by atoms with van der Waals surface area (Å²) < 4.78 is 30.2. The molecule has 0 fully saturated rings. The Morgan fingerprint density at radius 2 is 2.09 bits per heavy atom. The predicted octanol–water partition coefficient (Wildman–Crippen LogP) is 2.65. The molecule has 178 valence electrons. The molecule has 1 atom stereocenters. The zero-order chi connectivity index (χ0) is 24.4. The summed E-state index contributed by atoms with van der Waals surface area (Å²) in [5, 5.41) is 2.86. The molecule has 1 heterocycles. The maximum absolute atomic E-state index is 13.2. The van der Waals surface area contributed by atoms with Crippen molar-refractivity contribution in [1.29, 1.82) is 0 Å². The third-order valence-corrected chi connectivity index (χ3v) is 8.85. The number of aromatic nitrogens is 2. The van der Waals surface area contributed by atoms with E-state index in [9.17, 15) is 13.2 Å². The van der Waals surface area contributed by atoms with Crippen molar-refractivity contribution >= 4 is 27.3 Å². The van der Waals surface area contributed by atoms with Gasteiger partial charge in [-0.2, -0.15) is 0 Å². The van der Waals surface area contributed by atoms with Gasteiger partial charge >= 0.3 is 0 Å². The Balaban J connectivity index is 1.86. The first-order valence-electron chi connectivity index (χ1n) is 10.8. The van der Waals surface area contributed by atoms with Gasteiger partial charge in [-0.25, -0.2) is 18.4 Å². The van der Waals surface area contributed by atoms with Crippen LogP contribution in [0, 0.1) is 6.92 Å². The second-order valence-corrected chi connectivity index (χ2v) is 11.3. The van der Waals surface area contributed by atoms with E-state index in [1.807, 2.05) is 18.2 Å². The van der Waals surface area contributed by atoms with Gasteiger partial charge in [-0.15, -0.1) is 0 Å². The summed E-state index contributed by atoms with van der Waals surface area (Å²) in [4.78, 5) is 25.0. The van der Waals surface area contributed by atoms with Crippen LogP contribution in [-0.4, -0.2) is 54.8 Å². The van der Waals surface area contributed by atoms with Crippen molar-refractivity contribution in [2.75, 3.05) is 25.2 Å². The third-order valence-electron chi connectivity index (χ3n) is 6.25. The Hall–Kier alpha value is -3.01. The van der Waals surface area contributed by atoms with Crippen LogP contribution >= 0.6 is 0 Å². The van der Waals surface area contributed by atoms with Crippen molar-refractivity contribution in [3.8, 4) is 5.88 Å². The first-order valence-corrected chi connectivity index (χ1v) is 12.4. The largest absolute Gasteiger partial charge is 0.480 e. The molecule has 3 N–H and O–H groups in total. The first kappa shape index (κ1) is 24.6. The monoisotopic (exact) mass is 473 g/mol. The maximum Gasteiger partial charge on any atom is 0.276 e. The number of carbonyl (C=O) groups excluding carboxylic acids is 1. The number of benzene rings is 1. The number of aryl methyl sites for hydroxylation is 2. The zero-order valence-corrected chi connectivity index (χ0v) is 20.5. The SMILES string of the molecule is CN=C(N)C(C)(C)S(=O)(=O)CC1CCCc2ccc(NC(=O)c3ncc(OC)nc3C)cc21. The van der Waals surface area contributed by atoms with Gasteiger partial charge in [-0.1, -0.05) is 6.07 Å². The number of fused-ring (bicyclic) bond motifs is 1. The number of rotatable bonds is 7. The molecule has 0 saturated heterocycles. The minimum absolute atomic E-state index is 0.0380. The number of aliphatic imine (C=N–C) groups is 1. The molecule has 1 unspecified atom stereocenters. The summed E-state index contributed by atoms with van der Waals surface area (Å²) in [6, 6.07) is 5.64. The van der Waals surface area contributed by atoms with Crippen LogP contribution in [0.1, 0.15) is 59.9 Å². The maximum atomic E-state index is 13.2. The van der Waals surface area contributed by atoms with Crippen molar-refractivity contribution in [3.63, 3.8) is 0 Å². The van der Waals surface area contributed by atoms with Gasteiger partial charge in [0.25, 0.3) is 5.91 Å². The highest BCUT2D eigenvalue weighted by Gasteiger charge is 2.40. The number of nitrogens with one attached hydrogen (secondary N) is 1. The van der Waals surface area contributed by atoms with Crippen molar-refractivity contribution in [3.05, 3.63) is 46.9 Å². The van der Waals surface area contributed by atoms with Crippen molar-refractivity contribution in [1.82, 2.24) is 9.97 Å². The molecule has 10 heteroatoms. The molecule has 0 aliphatic heterocycles. The highest BCUT2D eigenvalue weighted by molar-refractivity contribution is 7.93. The van der Waals surface area contributed by atoms with Crippen molar-refractivity contribution in [2.45, 2.75) is 50.7 Å². The van der Waals surface area contributed by atoms with E-state index in [-0.39, 0.29) is 23.2 Å². The Morgan fingerprint density at radius 1 is 1.36 bits per heavy atom. The average molecular weight is 474 g/mol. The Morgan fingerprint density at radius 3 is 2.73 bits per heavy atom. The van der Waals surface area contributed by atoms with E-state index in [4.69, 9.17) is 10.5 Å².